The highest BCUT2D eigenvalue weighted by atomic mass is 32.1. The largest absolute Gasteiger partial charge is 0.495 e. The number of thiophene rings is 1. The summed E-state index contributed by atoms with van der Waals surface area (Å²) in [6.45, 7) is 0.436. The molecule has 29 heavy (non-hydrogen) atoms. The molecule has 0 saturated heterocycles. The first-order chi connectivity index (χ1) is 14.2. The summed E-state index contributed by atoms with van der Waals surface area (Å²) in [5, 5.41) is 8.44. The van der Waals surface area contributed by atoms with Crippen LogP contribution in [0.5, 0.6) is 11.6 Å². The number of aromatic amines is 1. The van der Waals surface area contributed by atoms with Gasteiger partial charge in [-0.3, -0.25) is 4.79 Å². The normalized spacial score (nSPS) is 11.1. The van der Waals surface area contributed by atoms with E-state index in [0.29, 0.717) is 23.8 Å². The molecule has 4 rings (SSSR count). The molecular weight excluding hydrogens is 388 g/mol. The van der Waals surface area contributed by atoms with Crippen LogP contribution in [-0.4, -0.2) is 29.2 Å². The van der Waals surface area contributed by atoms with Crippen LogP contribution in [0.3, 0.4) is 0 Å². The Bertz CT molecular complexity index is 1150. The van der Waals surface area contributed by atoms with E-state index < -0.39 is 0 Å². The molecule has 0 atom stereocenters. The molecule has 4 aromatic rings. The van der Waals surface area contributed by atoms with Crippen LogP contribution in [0.15, 0.2) is 64.7 Å². The van der Waals surface area contributed by atoms with E-state index in [1.54, 1.807) is 29.4 Å². The summed E-state index contributed by atoms with van der Waals surface area (Å²) >= 11 is 1.39. The quantitative estimate of drug-likeness (QED) is 0.359. The summed E-state index contributed by atoms with van der Waals surface area (Å²) in [6, 6.07) is 11.7. The van der Waals surface area contributed by atoms with Crippen LogP contribution in [0.1, 0.15) is 21.5 Å². The van der Waals surface area contributed by atoms with Crippen molar-refractivity contribution in [1.29, 1.82) is 0 Å². The first kappa shape index (κ1) is 18.7. The zero-order valence-corrected chi connectivity index (χ0v) is 16.4. The number of carbonyl (C=O) groups excluding carboxylic acids is 1. The van der Waals surface area contributed by atoms with Crippen molar-refractivity contribution in [2.75, 3.05) is 7.11 Å². The fraction of sp³-hybridized carbons (Fsp3) is 0.0952. The number of aromatic nitrogens is 2. The van der Waals surface area contributed by atoms with Crippen LogP contribution in [0.4, 0.5) is 0 Å². The topological polar surface area (TPSA) is 88.6 Å². The zero-order valence-electron chi connectivity index (χ0n) is 15.6. The van der Waals surface area contributed by atoms with Crippen LogP contribution in [-0.2, 0) is 6.61 Å². The number of benzene rings is 1. The van der Waals surface area contributed by atoms with Gasteiger partial charge in [0.25, 0.3) is 5.91 Å². The second-order valence-electron chi connectivity index (χ2n) is 6.14. The van der Waals surface area contributed by atoms with Crippen molar-refractivity contribution in [1.82, 2.24) is 15.4 Å². The number of hydrogen-bond donors (Lipinski definition) is 2. The Morgan fingerprint density at radius 3 is 3.00 bits per heavy atom. The van der Waals surface area contributed by atoms with E-state index in [9.17, 15) is 4.79 Å². The van der Waals surface area contributed by atoms with Crippen molar-refractivity contribution in [3.8, 4) is 11.6 Å². The van der Waals surface area contributed by atoms with Gasteiger partial charge in [-0.15, -0.1) is 11.3 Å². The first-order valence-corrected chi connectivity index (χ1v) is 9.76. The fourth-order valence-electron chi connectivity index (χ4n) is 2.77. The van der Waals surface area contributed by atoms with E-state index in [-0.39, 0.29) is 5.91 Å². The van der Waals surface area contributed by atoms with Gasteiger partial charge in [0.05, 0.1) is 30.6 Å². The Morgan fingerprint density at radius 1 is 1.31 bits per heavy atom. The van der Waals surface area contributed by atoms with Crippen molar-refractivity contribution in [3.63, 3.8) is 0 Å². The minimum atomic E-state index is -0.326. The maximum absolute atomic E-state index is 12.2. The van der Waals surface area contributed by atoms with Crippen molar-refractivity contribution in [3.05, 3.63) is 76.2 Å². The number of hydrazone groups is 1. The highest BCUT2D eigenvalue weighted by Gasteiger charge is 2.12. The van der Waals surface area contributed by atoms with Crippen molar-refractivity contribution >= 4 is 34.4 Å². The lowest BCUT2D eigenvalue weighted by Crippen LogP contribution is -2.17. The molecule has 0 saturated carbocycles. The van der Waals surface area contributed by atoms with Crippen LogP contribution < -0.4 is 14.9 Å². The number of H-pyrrole nitrogens is 1. The van der Waals surface area contributed by atoms with Crippen molar-refractivity contribution in [2.24, 2.45) is 5.10 Å². The van der Waals surface area contributed by atoms with E-state index in [0.717, 1.165) is 22.0 Å². The Labute approximate surface area is 171 Å². The lowest BCUT2D eigenvalue weighted by Gasteiger charge is -2.05. The number of fused-ring (bicyclic) bond motifs is 1. The summed E-state index contributed by atoms with van der Waals surface area (Å²) in [7, 11) is 1.53. The Balaban J connectivity index is 1.46. The molecule has 0 fully saturated rings. The van der Waals surface area contributed by atoms with Gasteiger partial charge in [0.2, 0.25) is 5.88 Å². The number of nitrogens with zero attached hydrogens (tertiary/aromatic N) is 2. The van der Waals surface area contributed by atoms with Crippen LogP contribution in [0.2, 0.25) is 0 Å². The van der Waals surface area contributed by atoms with Gasteiger partial charge < -0.3 is 14.5 Å². The van der Waals surface area contributed by atoms with E-state index >= 15 is 0 Å². The molecule has 3 heterocycles. The molecule has 3 aromatic heterocycles. The van der Waals surface area contributed by atoms with E-state index in [1.165, 1.54) is 18.4 Å². The summed E-state index contributed by atoms with van der Waals surface area (Å²) in [6.07, 6.45) is 5.09. The van der Waals surface area contributed by atoms with Gasteiger partial charge in [-0.1, -0.05) is 30.3 Å². The van der Waals surface area contributed by atoms with E-state index in [2.05, 4.69) is 20.5 Å². The van der Waals surface area contributed by atoms with Gasteiger partial charge >= 0.3 is 0 Å². The third-order valence-electron chi connectivity index (χ3n) is 4.26. The van der Waals surface area contributed by atoms with Crippen LogP contribution in [0.25, 0.3) is 10.9 Å². The smallest absolute Gasteiger partial charge is 0.275 e. The maximum atomic E-state index is 12.2. The molecule has 146 valence electrons. The monoisotopic (exact) mass is 406 g/mol. The second kappa shape index (κ2) is 8.57. The van der Waals surface area contributed by atoms with Gasteiger partial charge in [0.15, 0.2) is 0 Å². The van der Waals surface area contributed by atoms with Gasteiger partial charge in [-0.2, -0.15) is 5.10 Å². The molecule has 7 nitrogen and oxygen atoms in total. The number of hydrogen-bond acceptors (Lipinski definition) is 6. The lowest BCUT2D eigenvalue weighted by molar-refractivity contribution is 0.0952. The average molecular weight is 406 g/mol. The van der Waals surface area contributed by atoms with Gasteiger partial charge in [-0.25, -0.2) is 10.4 Å². The van der Waals surface area contributed by atoms with Crippen LogP contribution in [0, 0.1) is 0 Å². The number of nitrogens with one attached hydrogen (secondary N) is 2. The van der Waals surface area contributed by atoms with Gasteiger partial charge in [0, 0.05) is 34.0 Å². The number of amides is 1. The molecule has 8 heteroatoms. The molecule has 0 aliphatic heterocycles. The summed E-state index contributed by atoms with van der Waals surface area (Å²) < 4.78 is 10.9. The van der Waals surface area contributed by atoms with Gasteiger partial charge in [0.1, 0.15) is 12.4 Å². The zero-order chi connectivity index (χ0) is 20.1. The molecule has 0 spiro atoms. The number of ether oxygens (including phenoxy) is 2. The third kappa shape index (κ3) is 4.27. The lowest BCUT2D eigenvalue weighted by atomic mass is 10.2. The average Bonchev–Trinajstić information content (AvgIpc) is 3.40. The SMILES string of the molecule is COc1cscc1C(=O)NN=Cc1c[nH]c2cnc(OCc3ccccc3)cc12. The maximum Gasteiger partial charge on any atom is 0.275 e. The van der Waals surface area contributed by atoms with Gasteiger partial charge in [-0.05, 0) is 5.56 Å². The molecule has 0 bridgehead atoms. The molecular formula is C21H18N4O3S. The van der Waals surface area contributed by atoms with Crippen molar-refractivity contribution in [2.45, 2.75) is 6.61 Å². The Morgan fingerprint density at radius 2 is 2.17 bits per heavy atom. The Hall–Kier alpha value is -3.65. The molecule has 0 radical (unpaired) electrons. The number of methoxy groups -OCH3 is 1. The summed E-state index contributed by atoms with van der Waals surface area (Å²) in [5.74, 6) is 0.719. The van der Waals surface area contributed by atoms with E-state index in [1.807, 2.05) is 36.4 Å². The standard InChI is InChI=1S/C21H18N4O3S/c1-27-19-13-29-12-17(19)21(26)25-24-9-15-8-22-18-10-23-20(7-16(15)18)28-11-14-5-3-2-4-6-14/h2-10,12-13,22H,11H2,1H3,(H,25,26). The molecule has 1 aromatic carbocycles. The molecule has 1 amide bonds. The number of carbonyl (C=O) groups is 1. The highest BCUT2D eigenvalue weighted by Crippen LogP contribution is 2.23. The highest BCUT2D eigenvalue weighted by molar-refractivity contribution is 7.08. The van der Waals surface area contributed by atoms with Crippen molar-refractivity contribution < 1.29 is 14.3 Å². The first-order valence-electron chi connectivity index (χ1n) is 8.82. The predicted octanol–water partition coefficient (Wildman–Crippen LogP) is 3.98. The number of rotatable bonds is 7. The number of pyridine rings is 1. The summed E-state index contributed by atoms with van der Waals surface area (Å²) in [5.41, 5.74) is 5.70. The van der Waals surface area contributed by atoms with Crippen LogP contribution >= 0.6 is 11.3 Å². The molecule has 0 unspecified atom stereocenters. The molecule has 0 aliphatic rings. The Kier molecular flexibility index (Phi) is 5.53. The molecule has 2 N–H and O–H groups in total. The summed E-state index contributed by atoms with van der Waals surface area (Å²) in [4.78, 5) is 19.7. The predicted molar refractivity (Wildman–Crippen MR) is 113 cm³/mol. The molecule has 0 aliphatic carbocycles. The fourth-order valence-corrected chi connectivity index (χ4v) is 3.54. The third-order valence-corrected chi connectivity index (χ3v) is 4.99. The van der Waals surface area contributed by atoms with E-state index in [4.69, 9.17) is 9.47 Å². The minimum absolute atomic E-state index is 0.326. The minimum Gasteiger partial charge on any atom is -0.495 e. The second-order valence-corrected chi connectivity index (χ2v) is 6.88.